The molecular formula is C14H16O4. The number of hydrogen-bond donors (Lipinski definition) is 1. The van der Waals surface area contributed by atoms with E-state index in [1.54, 1.807) is 7.11 Å². The van der Waals surface area contributed by atoms with Gasteiger partial charge < -0.3 is 14.6 Å². The summed E-state index contributed by atoms with van der Waals surface area (Å²) in [6.45, 7) is 1.46. The molecule has 0 aromatic heterocycles. The molecule has 1 N–H and O–H groups in total. The van der Waals surface area contributed by atoms with Gasteiger partial charge in [0.25, 0.3) is 0 Å². The van der Waals surface area contributed by atoms with E-state index in [4.69, 9.17) is 9.47 Å². The van der Waals surface area contributed by atoms with Gasteiger partial charge in [0.2, 0.25) is 0 Å². The minimum atomic E-state index is -0.747. The number of aliphatic carboxylic acids is 1. The fraction of sp³-hybridized carbons (Fsp3) is 0.500. The summed E-state index contributed by atoms with van der Waals surface area (Å²) in [6, 6.07) is 5.88. The van der Waals surface area contributed by atoms with E-state index in [0.29, 0.717) is 24.5 Å². The molecule has 2 aliphatic rings. The van der Waals surface area contributed by atoms with Crippen LogP contribution in [0.3, 0.4) is 0 Å². The molecule has 1 aromatic carbocycles. The third kappa shape index (κ3) is 1.60. The summed E-state index contributed by atoms with van der Waals surface area (Å²) in [5.74, 6) is 0.334. The Morgan fingerprint density at radius 2 is 2.17 bits per heavy atom. The number of carbonyl (C=O) groups is 1. The first kappa shape index (κ1) is 11.5. The molecule has 0 atom stereocenters. The van der Waals surface area contributed by atoms with E-state index >= 15 is 0 Å². The van der Waals surface area contributed by atoms with Crippen molar-refractivity contribution in [1.29, 1.82) is 0 Å². The molecule has 18 heavy (non-hydrogen) atoms. The zero-order valence-electron chi connectivity index (χ0n) is 10.3. The smallest absolute Gasteiger partial charge is 0.314 e. The minimum Gasteiger partial charge on any atom is -0.496 e. The van der Waals surface area contributed by atoms with Crippen molar-refractivity contribution < 1.29 is 19.4 Å². The summed E-state index contributed by atoms with van der Waals surface area (Å²) in [5.41, 5.74) is 1.26. The highest BCUT2D eigenvalue weighted by Crippen LogP contribution is 2.52. The fourth-order valence-corrected chi connectivity index (χ4v) is 2.51. The normalized spacial score (nSPS) is 21.2. The second kappa shape index (κ2) is 3.99. The molecule has 1 heterocycles. The number of benzene rings is 1. The Kier molecular flexibility index (Phi) is 2.55. The molecule has 2 fully saturated rings. The average molecular weight is 248 g/mol. The van der Waals surface area contributed by atoms with Crippen molar-refractivity contribution in [2.24, 2.45) is 0 Å². The van der Waals surface area contributed by atoms with Crippen molar-refractivity contribution in [3.8, 4) is 5.75 Å². The van der Waals surface area contributed by atoms with Gasteiger partial charge in [-0.05, 0) is 24.5 Å². The molecular weight excluding hydrogens is 232 g/mol. The number of carboxylic acids is 1. The first-order valence-electron chi connectivity index (χ1n) is 6.17. The van der Waals surface area contributed by atoms with Crippen molar-refractivity contribution in [2.45, 2.75) is 24.2 Å². The van der Waals surface area contributed by atoms with E-state index < -0.39 is 11.4 Å². The summed E-state index contributed by atoms with van der Waals surface area (Å²) in [6.07, 6.45) is 1.40. The Labute approximate surface area is 106 Å². The molecule has 1 aromatic rings. The number of hydrogen-bond acceptors (Lipinski definition) is 3. The molecule has 0 bridgehead atoms. The maximum atomic E-state index is 11.4. The lowest BCUT2D eigenvalue weighted by atomic mass is 9.89. The molecule has 0 amide bonds. The first-order chi connectivity index (χ1) is 8.67. The van der Waals surface area contributed by atoms with Crippen LogP contribution in [0.2, 0.25) is 0 Å². The fourth-order valence-electron chi connectivity index (χ4n) is 2.51. The van der Waals surface area contributed by atoms with Crippen LogP contribution in [0.25, 0.3) is 0 Å². The largest absolute Gasteiger partial charge is 0.496 e. The third-order valence-corrected chi connectivity index (χ3v) is 4.01. The molecule has 1 saturated heterocycles. The van der Waals surface area contributed by atoms with E-state index in [1.165, 1.54) is 0 Å². The van der Waals surface area contributed by atoms with Crippen LogP contribution < -0.4 is 4.74 Å². The van der Waals surface area contributed by atoms with Crippen molar-refractivity contribution >= 4 is 5.97 Å². The summed E-state index contributed by atoms with van der Waals surface area (Å²) in [4.78, 5) is 11.4. The van der Waals surface area contributed by atoms with E-state index in [1.807, 2.05) is 18.2 Å². The number of ether oxygens (including phenoxy) is 2. The van der Waals surface area contributed by atoms with Crippen LogP contribution in [0, 0.1) is 0 Å². The van der Waals surface area contributed by atoms with E-state index in [0.717, 1.165) is 24.3 Å². The maximum absolute atomic E-state index is 11.4. The monoisotopic (exact) mass is 248 g/mol. The second-order valence-electron chi connectivity index (χ2n) is 5.08. The van der Waals surface area contributed by atoms with Gasteiger partial charge in [0.05, 0.1) is 25.7 Å². The summed E-state index contributed by atoms with van der Waals surface area (Å²) < 4.78 is 10.5. The molecule has 1 aliphatic carbocycles. The lowest BCUT2D eigenvalue weighted by molar-refractivity contribution is -0.140. The third-order valence-electron chi connectivity index (χ3n) is 4.01. The second-order valence-corrected chi connectivity index (χ2v) is 5.08. The van der Waals surface area contributed by atoms with Gasteiger partial charge in [0.1, 0.15) is 5.75 Å². The number of carboxylic acid groups (broad SMARTS) is 1. The van der Waals surface area contributed by atoms with Crippen LogP contribution in [0.15, 0.2) is 18.2 Å². The molecule has 4 nitrogen and oxygen atoms in total. The van der Waals surface area contributed by atoms with Gasteiger partial charge >= 0.3 is 5.97 Å². The molecule has 3 rings (SSSR count). The summed E-state index contributed by atoms with van der Waals surface area (Å²) >= 11 is 0. The zero-order chi connectivity index (χ0) is 12.8. The molecule has 4 heteroatoms. The molecule has 0 spiro atoms. The topological polar surface area (TPSA) is 55.8 Å². The summed E-state index contributed by atoms with van der Waals surface area (Å²) in [5, 5.41) is 9.40. The van der Waals surface area contributed by atoms with Gasteiger partial charge in [-0.1, -0.05) is 12.1 Å². The first-order valence-corrected chi connectivity index (χ1v) is 6.17. The molecule has 1 saturated carbocycles. The van der Waals surface area contributed by atoms with Crippen molar-refractivity contribution in [2.75, 3.05) is 20.3 Å². The van der Waals surface area contributed by atoms with Crippen LogP contribution >= 0.6 is 0 Å². The number of rotatable bonds is 4. The Morgan fingerprint density at radius 3 is 2.61 bits per heavy atom. The van der Waals surface area contributed by atoms with Crippen LogP contribution in [-0.2, 0) is 14.9 Å². The van der Waals surface area contributed by atoms with Gasteiger partial charge in [-0.3, -0.25) is 4.79 Å². The van der Waals surface area contributed by atoms with Crippen molar-refractivity contribution in [3.05, 3.63) is 29.3 Å². The van der Waals surface area contributed by atoms with Gasteiger partial charge in [-0.25, -0.2) is 0 Å². The van der Waals surface area contributed by atoms with Gasteiger partial charge in [0, 0.05) is 11.5 Å². The Hall–Kier alpha value is -1.55. The Balaban J connectivity index is 2.02. The Morgan fingerprint density at radius 1 is 1.44 bits per heavy atom. The molecule has 1 aliphatic heterocycles. The minimum absolute atomic E-state index is 0.402. The quantitative estimate of drug-likeness (QED) is 0.884. The van der Waals surface area contributed by atoms with Gasteiger partial charge in [0.15, 0.2) is 0 Å². The predicted molar refractivity (Wildman–Crippen MR) is 65.1 cm³/mol. The highest BCUT2D eigenvalue weighted by molar-refractivity contribution is 5.86. The SMILES string of the molecule is COc1ccc(C2COC2)cc1C1(C(=O)O)CC1. The van der Waals surface area contributed by atoms with Crippen LogP contribution in [0.1, 0.15) is 29.9 Å². The lowest BCUT2D eigenvalue weighted by Crippen LogP contribution is -2.26. The van der Waals surface area contributed by atoms with Crippen LogP contribution in [-0.4, -0.2) is 31.4 Å². The molecule has 0 radical (unpaired) electrons. The zero-order valence-corrected chi connectivity index (χ0v) is 10.3. The van der Waals surface area contributed by atoms with Gasteiger partial charge in [-0.15, -0.1) is 0 Å². The standard InChI is InChI=1S/C14H16O4/c1-17-12-3-2-9(10-7-18-8-10)6-11(12)14(4-5-14)13(15)16/h2-3,6,10H,4-5,7-8H2,1H3,(H,15,16). The van der Waals surface area contributed by atoms with Crippen molar-refractivity contribution in [1.82, 2.24) is 0 Å². The van der Waals surface area contributed by atoms with E-state index in [2.05, 4.69) is 0 Å². The van der Waals surface area contributed by atoms with Crippen LogP contribution in [0.4, 0.5) is 0 Å². The number of methoxy groups -OCH3 is 1. The lowest BCUT2D eigenvalue weighted by Gasteiger charge is -2.27. The van der Waals surface area contributed by atoms with Gasteiger partial charge in [-0.2, -0.15) is 0 Å². The molecule has 0 unspecified atom stereocenters. The Bertz CT molecular complexity index is 487. The van der Waals surface area contributed by atoms with Crippen LogP contribution in [0.5, 0.6) is 5.75 Å². The summed E-state index contributed by atoms with van der Waals surface area (Å²) in [7, 11) is 1.59. The highest BCUT2D eigenvalue weighted by Gasteiger charge is 2.53. The average Bonchev–Trinajstić information content (AvgIpc) is 3.07. The predicted octanol–water partition coefficient (Wildman–Crippen LogP) is 1.93. The highest BCUT2D eigenvalue weighted by atomic mass is 16.5. The maximum Gasteiger partial charge on any atom is 0.314 e. The molecule has 96 valence electrons. The van der Waals surface area contributed by atoms with Crippen molar-refractivity contribution in [3.63, 3.8) is 0 Å². The van der Waals surface area contributed by atoms with E-state index in [9.17, 15) is 9.90 Å². The van der Waals surface area contributed by atoms with E-state index in [-0.39, 0.29) is 0 Å².